The molecule has 0 saturated heterocycles. The first-order valence-corrected chi connectivity index (χ1v) is 4.61. The van der Waals surface area contributed by atoms with Gasteiger partial charge in [0.2, 0.25) is 0 Å². The van der Waals surface area contributed by atoms with E-state index in [1.807, 2.05) is 38.1 Å². The first-order chi connectivity index (χ1) is 6.70. The van der Waals surface area contributed by atoms with Gasteiger partial charge in [-0.2, -0.15) is 0 Å². The van der Waals surface area contributed by atoms with Gasteiger partial charge in [0, 0.05) is 12.2 Å². The molecule has 1 aromatic carbocycles. The fourth-order valence-corrected chi connectivity index (χ4v) is 1.37. The van der Waals surface area contributed by atoms with Gasteiger partial charge in [-0.25, -0.2) is 4.79 Å². The molecule has 0 spiro atoms. The lowest BCUT2D eigenvalue weighted by atomic mass is 10.2. The number of carbonyl (C=O) groups is 1. The van der Waals surface area contributed by atoms with Crippen molar-refractivity contribution in [3.05, 3.63) is 29.8 Å². The predicted octanol–water partition coefficient (Wildman–Crippen LogP) is 2.59. The number of hydrogen-bond acceptors (Lipinski definition) is 2. The van der Waals surface area contributed by atoms with Gasteiger partial charge >= 0.3 is 6.09 Å². The van der Waals surface area contributed by atoms with Crippen LogP contribution in [0.4, 0.5) is 10.5 Å². The first kappa shape index (κ1) is 10.6. The lowest BCUT2D eigenvalue weighted by molar-refractivity contribution is 0.179. The average molecular weight is 193 g/mol. The van der Waals surface area contributed by atoms with E-state index >= 15 is 0 Å². The molecule has 1 amide bonds. The van der Waals surface area contributed by atoms with Crippen LogP contribution in [0.15, 0.2) is 24.3 Å². The van der Waals surface area contributed by atoms with E-state index in [4.69, 9.17) is 4.74 Å². The fourth-order valence-electron chi connectivity index (χ4n) is 1.37. The van der Waals surface area contributed by atoms with Crippen LogP contribution >= 0.6 is 0 Å². The van der Waals surface area contributed by atoms with Gasteiger partial charge in [0.1, 0.15) is 0 Å². The molecule has 0 aliphatic rings. The lowest BCUT2D eigenvalue weighted by Gasteiger charge is -2.20. The number of ether oxygens (including phenoxy) is 1. The van der Waals surface area contributed by atoms with Crippen LogP contribution in [0.3, 0.4) is 0 Å². The molecule has 0 fully saturated rings. The van der Waals surface area contributed by atoms with Gasteiger partial charge in [0.25, 0.3) is 0 Å². The summed E-state index contributed by atoms with van der Waals surface area (Å²) in [5.74, 6) is 0. The van der Waals surface area contributed by atoms with Crippen LogP contribution in [0.5, 0.6) is 0 Å². The van der Waals surface area contributed by atoms with Crippen molar-refractivity contribution < 1.29 is 9.53 Å². The van der Waals surface area contributed by atoms with E-state index in [-0.39, 0.29) is 6.09 Å². The molecule has 76 valence electrons. The van der Waals surface area contributed by atoms with E-state index in [2.05, 4.69) is 0 Å². The number of aryl methyl sites for hydroxylation is 1. The molecule has 0 unspecified atom stereocenters. The highest BCUT2D eigenvalue weighted by Gasteiger charge is 2.14. The van der Waals surface area contributed by atoms with Crippen LogP contribution in [0.2, 0.25) is 0 Å². The van der Waals surface area contributed by atoms with Crippen LogP contribution in [0.25, 0.3) is 0 Å². The molecule has 1 aromatic rings. The van der Waals surface area contributed by atoms with Gasteiger partial charge in [-0.05, 0) is 25.5 Å². The van der Waals surface area contributed by atoms with Crippen LogP contribution in [0, 0.1) is 6.92 Å². The van der Waals surface area contributed by atoms with Gasteiger partial charge in [-0.3, -0.25) is 4.90 Å². The molecule has 0 heterocycles. The number of benzene rings is 1. The minimum Gasteiger partial charge on any atom is -0.452 e. The second-order valence-corrected chi connectivity index (χ2v) is 3.00. The van der Waals surface area contributed by atoms with E-state index < -0.39 is 0 Å². The Morgan fingerprint density at radius 3 is 2.57 bits per heavy atom. The number of para-hydroxylation sites is 1. The second kappa shape index (κ2) is 4.65. The summed E-state index contributed by atoms with van der Waals surface area (Å²) in [5.41, 5.74) is 1.97. The molecular formula is C11H15NO2. The maximum Gasteiger partial charge on any atom is 0.413 e. The van der Waals surface area contributed by atoms with Crippen molar-refractivity contribution in [3.8, 4) is 0 Å². The van der Waals surface area contributed by atoms with Crippen LogP contribution in [0.1, 0.15) is 12.5 Å². The van der Waals surface area contributed by atoms with Crippen LogP contribution in [-0.4, -0.2) is 19.7 Å². The summed E-state index contributed by atoms with van der Waals surface area (Å²) in [7, 11) is 1.39. The molecule has 0 atom stereocenters. The maximum absolute atomic E-state index is 11.4. The second-order valence-electron chi connectivity index (χ2n) is 3.00. The van der Waals surface area contributed by atoms with Crippen molar-refractivity contribution in [1.29, 1.82) is 0 Å². The molecule has 14 heavy (non-hydrogen) atoms. The zero-order chi connectivity index (χ0) is 10.6. The fraction of sp³-hybridized carbons (Fsp3) is 0.364. The van der Waals surface area contributed by atoms with Crippen molar-refractivity contribution in [2.75, 3.05) is 18.6 Å². The smallest absolute Gasteiger partial charge is 0.413 e. The molecule has 0 saturated carbocycles. The summed E-state index contributed by atoms with van der Waals surface area (Å²) in [6.07, 6.45) is -0.318. The normalized spacial score (nSPS) is 9.64. The number of rotatable bonds is 2. The lowest BCUT2D eigenvalue weighted by Crippen LogP contribution is -2.30. The Morgan fingerprint density at radius 2 is 2.07 bits per heavy atom. The Morgan fingerprint density at radius 1 is 1.43 bits per heavy atom. The third-order valence-electron chi connectivity index (χ3n) is 2.12. The third-order valence-corrected chi connectivity index (χ3v) is 2.12. The van der Waals surface area contributed by atoms with E-state index in [1.165, 1.54) is 7.11 Å². The summed E-state index contributed by atoms with van der Waals surface area (Å²) < 4.78 is 4.70. The van der Waals surface area contributed by atoms with E-state index in [0.717, 1.165) is 11.3 Å². The van der Waals surface area contributed by atoms with Gasteiger partial charge in [0.05, 0.1) is 7.11 Å². The SMILES string of the molecule is CCN(C(=O)OC)c1ccccc1C. The van der Waals surface area contributed by atoms with Gasteiger partial charge in [-0.15, -0.1) is 0 Å². The van der Waals surface area contributed by atoms with E-state index in [9.17, 15) is 4.79 Å². The standard InChI is InChI=1S/C11H15NO2/c1-4-12(11(13)14-3)10-8-6-5-7-9(10)2/h5-8H,4H2,1-3H3. The molecular weight excluding hydrogens is 178 g/mol. The largest absolute Gasteiger partial charge is 0.452 e. The maximum atomic E-state index is 11.4. The summed E-state index contributed by atoms with van der Waals surface area (Å²) in [5, 5.41) is 0. The average Bonchev–Trinajstić information content (AvgIpc) is 2.21. The third kappa shape index (κ3) is 2.05. The van der Waals surface area contributed by atoms with Crippen molar-refractivity contribution >= 4 is 11.8 Å². The van der Waals surface area contributed by atoms with Crippen molar-refractivity contribution in [1.82, 2.24) is 0 Å². The molecule has 3 nitrogen and oxygen atoms in total. The zero-order valence-electron chi connectivity index (χ0n) is 8.78. The quantitative estimate of drug-likeness (QED) is 0.722. The highest BCUT2D eigenvalue weighted by molar-refractivity contribution is 5.88. The Bertz CT molecular complexity index is 323. The van der Waals surface area contributed by atoms with Crippen molar-refractivity contribution in [3.63, 3.8) is 0 Å². The number of methoxy groups -OCH3 is 1. The van der Waals surface area contributed by atoms with Crippen molar-refractivity contribution in [2.45, 2.75) is 13.8 Å². The monoisotopic (exact) mass is 193 g/mol. The molecule has 0 bridgehead atoms. The van der Waals surface area contributed by atoms with E-state index in [0.29, 0.717) is 6.54 Å². The summed E-state index contributed by atoms with van der Waals surface area (Å²) >= 11 is 0. The minimum absolute atomic E-state index is 0.318. The molecule has 0 aliphatic carbocycles. The number of carbonyl (C=O) groups excluding carboxylic acids is 1. The molecule has 0 aliphatic heterocycles. The molecule has 0 N–H and O–H groups in total. The number of nitrogens with zero attached hydrogens (tertiary/aromatic N) is 1. The highest BCUT2D eigenvalue weighted by Crippen LogP contribution is 2.19. The number of amides is 1. The summed E-state index contributed by atoms with van der Waals surface area (Å²) in [6.45, 7) is 4.50. The van der Waals surface area contributed by atoms with Gasteiger partial charge < -0.3 is 4.74 Å². The Balaban J connectivity index is 3.01. The summed E-state index contributed by atoms with van der Waals surface area (Å²) in [4.78, 5) is 13.0. The van der Waals surface area contributed by atoms with Gasteiger partial charge in [0.15, 0.2) is 0 Å². The van der Waals surface area contributed by atoms with Crippen molar-refractivity contribution in [2.24, 2.45) is 0 Å². The van der Waals surface area contributed by atoms with Gasteiger partial charge in [-0.1, -0.05) is 18.2 Å². The predicted molar refractivity (Wildman–Crippen MR) is 56.6 cm³/mol. The van der Waals surface area contributed by atoms with Crippen LogP contribution < -0.4 is 4.90 Å². The Hall–Kier alpha value is -1.51. The zero-order valence-corrected chi connectivity index (χ0v) is 8.78. The molecule has 0 aromatic heterocycles. The molecule has 1 rings (SSSR count). The van der Waals surface area contributed by atoms with Crippen LogP contribution in [-0.2, 0) is 4.74 Å². The Kier molecular flexibility index (Phi) is 3.51. The molecule has 3 heteroatoms. The first-order valence-electron chi connectivity index (χ1n) is 4.61. The summed E-state index contributed by atoms with van der Waals surface area (Å²) in [6, 6.07) is 7.74. The number of hydrogen-bond donors (Lipinski definition) is 0. The highest BCUT2D eigenvalue weighted by atomic mass is 16.5. The Labute approximate surface area is 84.3 Å². The minimum atomic E-state index is -0.318. The number of anilines is 1. The molecule has 0 radical (unpaired) electrons. The van der Waals surface area contributed by atoms with E-state index in [1.54, 1.807) is 4.90 Å². The topological polar surface area (TPSA) is 29.5 Å².